The van der Waals surface area contributed by atoms with Gasteiger partial charge >= 0.3 is 0 Å². The van der Waals surface area contributed by atoms with Crippen molar-refractivity contribution in [3.63, 3.8) is 0 Å². The van der Waals surface area contributed by atoms with Crippen molar-refractivity contribution in [2.45, 2.75) is 6.92 Å². The van der Waals surface area contributed by atoms with Crippen LogP contribution in [0.25, 0.3) is 11.1 Å². The van der Waals surface area contributed by atoms with Crippen molar-refractivity contribution in [3.05, 3.63) is 89.0 Å². The van der Waals surface area contributed by atoms with Gasteiger partial charge < -0.3 is 16.0 Å². The second-order valence-electron chi connectivity index (χ2n) is 7.49. The average molecular weight is 460 g/mol. The number of aryl methyl sites for hydroxylation is 1. The number of nitrogens with one attached hydrogen (secondary N) is 4. The number of amides is 4. The average Bonchev–Trinajstić information content (AvgIpc) is 2.86. The molecule has 0 heterocycles. The van der Waals surface area contributed by atoms with Gasteiger partial charge in [0.1, 0.15) is 0 Å². The van der Waals surface area contributed by atoms with Crippen LogP contribution in [-0.4, -0.2) is 42.4 Å². The zero-order valence-electron chi connectivity index (χ0n) is 18.6. The Kier molecular flexibility index (Phi) is 7.73. The van der Waals surface area contributed by atoms with Crippen molar-refractivity contribution in [2.24, 2.45) is 0 Å². The fourth-order valence-corrected chi connectivity index (χ4v) is 3.14. The minimum atomic E-state index is -0.653. The summed E-state index contributed by atoms with van der Waals surface area (Å²) in [7, 11) is 1.47. The topological polar surface area (TPSA) is 137 Å². The van der Waals surface area contributed by atoms with Crippen molar-refractivity contribution in [1.82, 2.24) is 16.1 Å². The summed E-state index contributed by atoms with van der Waals surface area (Å²) in [6.45, 7) is 1.72. The maximum absolute atomic E-state index is 12.7. The van der Waals surface area contributed by atoms with E-state index in [1.165, 1.54) is 25.2 Å². The van der Waals surface area contributed by atoms with E-state index in [0.29, 0.717) is 22.4 Å². The van der Waals surface area contributed by atoms with E-state index in [1.54, 1.807) is 41.9 Å². The Morgan fingerprint density at radius 2 is 1.35 bits per heavy atom. The Labute approximate surface area is 196 Å². The molecule has 0 aliphatic heterocycles. The van der Waals surface area contributed by atoms with Crippen LogP contribution in [0.2, 0.25) is 0 Å². The lowest BCUT2D eigenvalue weighted by atomic mass is 10.00. The van der Waals surface area contributed by atoms with Gasteiger partial charge in [-0.05, 0) is 60.5 Å². The van der Waals surface area contributed by atoms with Crippen LogP contribution in [0.4, 0.5) is 5.69 Å². The second kappa shape index (κ2) is 10.9. The van der Waals surface area contributed by atoms with Gasteiger partial charge in [0.2, 0.25) is 5.91 Å². The van der Waals surface area contributed by atoms with Gasteiger partial charge in [-0.15, -0.1) is 0 Å². The molecule has 0 saturated carbocycles. The number of carbonyl (C=O) groups is 4. The lowest BCUT2D eigenvalue weighted by Gasteiger charge is -2.12. The Morgan fingerprint density at radius 1 is 0.735 bits per heavy atom. The van der Waals surface area contributed by atoms with Gasteiger partial charge in [0.05, 0.1) is 6.54 Å². The highest BCUT2D eigenvalue weighted by Gasteiger charge is 2.14. The van der Waals surface area contributed by atoms with Crippen molar-refractivity contribution in [1.29, 1.82) is 0 Å². The summed E-state index contributed by atoms with van der Waals surface area (Å²) in [5.41, 5.74) is 5.18. The molecule has 0 aromatic heterocycles. The van der Waals surface area contributed by atoms with Crippen LogP contribution in [-0.2, 0) is 4.79 Å². The highest BCUT2D eigenvalue weighted by molar-refractivity contribution is 6.06. The Bertz CT molecular complexity index is 1220. The molecule has 5 N–H and O–H groups in total. The zero-order valence-corrected chi connectivity index (χ0v) is 18.6. The molecule has 0 saturated heterocycles. The summed E-state index contributed by atoms with van der Waals surface area (Å²) in [6, 6.07) is 18.2. The van der Waals surface area contributed by atoms with E-state index in [0.717, 1.165) is 5.56 Å². The highest BCUT2D eigenvalue weighted by atomic mass is 16.5. The quantitative estimate of drug-likeness (QED) is 0.273. The van der Waals surface area contributed by atoms with Gasteiger partial charge in [-0.1, -0.05) is 29.8 Å². The summed E-state index contributed by atoms with van der Waals surface area (Å²) in [4.78, 5) is 48.5. The van der Waals surface area contributed by atoms with Gasteiger partial charge in [0, 0.05) is 29.4 Å². The first kappa shape index (κ1) is 24.1. The predicted molar refractivity (Wildman–Crippen MR) is 127 cm³/mol. The first-order chi connectivity index (χ1) is 16.3. The number of likely N-dealkylation sites (N-methyl/N-ethyl adjacent to an activating group) is 1. The predicted octanol–water partition coefficient (Wildman–Crippen LogP) is 2.51. The third-order valence-corrected chi connectivity index (χ3v) is 5.04. The maximum Gasteiger partial charge on any atom is 0.274 e. The van der Waals surface area contributed by atoms with Crippen LogP contribution in [0.1, 0.15) is 36.6 Å². The van der Waals surface area contributed by atoms with Crippen LogP contribution in [0, 0.1) is 6.92 Å². The number of hydroxylamine groups is 1. The van der Waals surface area contributed by atoms with Gasteiger partial charge in [0.25, 0.3) is 17.7 Å². The SMILES string of the molecule is CNC(=O)CNC(=O)c1cc(NC(=O)c2ccc(C)cc2)cc(-c2ccc(C(=O)NO)cc2)c1. The number of benzene rings is 3. The molecule has 0 radical (unpaired) electrons. The lowest BCUT2D eigenvalue weighted by Crippen LogP contribution is -2.35. The first-order valence-corrected chi connectivity index (χ1v) is 10.4. The summed E-state index contributed by atoms with van der Waals surface area (Å²) < 4.78 is 0. The van der Waals surface area contributed by atoms with Crippen molar-refractivity contribution >= 4 is 29.3 Å². The summed E-state index contributed by atoms with van der Waals surface area (Å²) in [5.74, 6) is -1.84. The van der Waals surface area contributed by atoms with Crippen molar-refractivity contribution in [2.75, 3.05) is 18.9 Å². The maximum atomic E-state index is 12.7. The third-order valence-electron chi connectivity index (χ3n) is 5.04. The van der Waals surface area contributed by atoms with Gasteiger partial charge in [-0.25, -0.2) is 5.48 Å². The number of anilines is 1. The first-order valence-electron chi connectivity index (χ1n) is 10.4. The molecule has 0 aliphatic carbocycles. The number of hydrogen-bond acceptors (Lipinski definition) is 5. The molecule has 9 nitrogen and oxygen atoms in total. The molecule has 0 atom stereocenters. The van der Waals surface area contributed by atoms with Gasteiger partial charge in [0.15, 0.2) is 0 Å². The molecule has 3 aromatic carbocycles. The van der Waals surface area contributed by atoms with Crippen LogP contribution in [0.3, 0.4) is 0 Å². The number of rotatable bonds is 7. The molecular formula is C25H24N4O5. The van der Waals surface area contributed by atoms with E-state index in [4.69, 9.17) is 5.21 Å². The fourth-order valence-electron chi connectivity index (χ4n) is 3.14. The molecule has 3 aromatic rings. The van der Waals surface area contributed by atoms with E-state index in [-0.39, 0.29) is 29.5 Å². The van der Waals surface area contributed by atoms with E-state index in [1.807, 2.05) is 19.1 Å². The molecule has 4 amide bonds. The van der Waals surface area contributed by atoms with Crippen LogP contribution < -0.4 is 21.4 Å². The molecule has 0 bridgehead atoms. The Morgan fingerprint density at radius 3 is 1.97 bits per heavy atom. The minimum absolute atomic E-state index is 0.199. The molecule has 0 fully saturated rings. The Hall–Kier alpha value is -4.50. The molecule has 34 heavy (non-hydrogen) atoms. The monoisotopic (exact) mass is 460 g/mol. The van der Waals surface area contributed by atoms with Gasteiger partial charge in [-0.3, -0.25) is 24.4 Å². The van der Waals surface area contributed by atoms with E-state index in [9.17, 15) is 19.2 Å². The smallest absolute Gasteiger partial charge is 0.274 e. The third kappa shape index (κ3) is 6.05. The van der Waals surface area contributed by atoms with Crippen LogP contribution >= 0.6 is 0 Å². The fraction of sp³-hybridized carbons (Fsp3) is 0.120. The number of carbonyl (C=O) groups excluding carboxylic acids is 4. The number of hydrogen-bond donors (Lipinski definition) is 5. The van der Waals surface area contributed by atoms with E-state index >= 15 is 0 Å². The molecular weight excluding hydrogens is 436 g/mol. The highest BCUT2D eigenvalue weighted by Crippen LogP contribution is 2.26. The molecule has 3 rings (SSSR count). The Balaban J connectivity index is 1.94. The molecule has 0 unspecified atom stereocenters. The van der Waals surface area contributed by atoms with Crippen LogP contribution in [0.15, 0.2) is 66.7 Å². The minimum Gasteiger partial charge on any atom is -0.358 e. The van der Waals surface area contributed by atoms with E-state index in [2.05, 4.69) is 16.0 Å². The molecule has 0 aliphatic rings. The summed E-state index contributed by atoms with van der Waals surface area (Å²) in [6.07, 6.45) is 0. The zero-order chi connectivity index (χ0) is 24.7. The normalized spacial score (nSPS) is 10.2. The van der Waals surface area contributed by atoms with Crippen LogP contribution in [0.5, 0.6) is 0 Å². The summed E-state index contributed by atoms with van der Waals surface area (Å²) >= 11 is 0. The standard InChI is InChI=1S/C25H24N4O5/c1-15-3-5-17(6-4-15)24(32)28-21-12-19(16-7-9-18(10-8-16)25(33)29-34)11-20(13-21)23(31)27-14-22(30)26-2/h3-13,34H,14H2,1-2H3,(H,26,30)(H,27,31)(H,28,32)(H,29,33). The van der Waals surface area contributed by atoms with Crippen molar-refractivity contribution in [3.8, 4) is 11.1 Å². The summed E-state index contributed by atoms with van der Waals surface area (Å²) in [5, 5.41) is 16.6. The van der Waals surface area contributed by atoms with Crippen molar-refractivity contribution < 1.29 is 24.4 Å². The molecule has 0 spiro atoms. The van der Waals surface area contributed by atoms with E-state index < -0.39 is 11.8 Å². The largest absolute Gasteiger partial charge is 0.358 e. The second-order valence-corrected chi connectivity index (χ2v) is 7.49. The van der Waals surface area contributed by atoms with Gasteiger partial charge in [-0.2, -0.15) is 0 Å². The molecule has 174 valence electrons. The molecule has 9 heteroatoms. The lowest BCUT2D eigenvalue weighted by molar-refractivity contribution is -0.119.